The molecular formula is C36H23O2PS2. The lowest BCUT2D eigenvalue weighted by Gasteiger charge is -2.37. The minimum Gasteiger partial charge on any atom is -0.456 e. The number of allylic oxidation sites excluding steroid dienone is 1. The third kappa shape index (κ3) is 3.39. The summed E-state index contributed by atoms with van der Waals surface area (Å²) in [5, 5.41) is 4.56. The van der Waals surface area contributed by atoms with Crippen molar-refractivity contribution in [2.75, 3.05) is 0 Å². The number of benzene rings is 5. The first-order chi connectivity index (χ1) is 20.2. The number of rotatable bonds is 2. The number of thiophene rings is 1. The minimum absolute atomic E-state index is 0.809. The number of hydrogen-bond acceptors (Lipinski definition) is 4. The van der Waals surface area contributed by atoms with Crippen LogP contribution in [0.15, 0.2) is 109 Å². The standard InChI is InChI=1S/C36H23O2PS2/c40-39-32-16-3-2-13-28(32)37-30-14-7-15-31(35(30)39)38-29-19-18-23(21-33(29)39)22-8-5-9-24(20-22)25-11-6-12-27-26-10-1-4-17-34(26)41-36(25)27/h1-3,5-16,18-21H,4,17H2. The Morgan fingerprint density at radius 1 is 0.659 bits per heavy atom. The second-order valence-corrected chi connectivity index (χ2v) is 16.1. The van der Waals surface area contributed by atoms with E-state index in [1.807, 2.05) is 41.7 Å². The first-order valence-corrected chi connectivity index (χ1v) is 17.5. The first-order valence-electron chi connectivity index (χ1n) is 13.8. The highest BCUT2D eigenvalue weighted by Crippen LogP contribution is 2.58. The van der Waals surface area contributed by atoms with Crippen LogP contribution in [0.25, 0.3) is 38.4 Å². The Kier molecular flexibility index (Phi) is 5.08. The van der Waals surface area contributed by atoms with Crippen LogP contribution in [0.3, 0.4) is 0 Å². The maximum atomic E-state index is 6.71. The van der Waals surface area contributed by atoms with E-state index in [0.29, 0.717) is 0 Å². The molecule has 1 atom stereocenters. The van der Waals surface area contributed by atoms with Crippen molar-refractivity contribution < 1.29 is 9.47 Å². The number of ether oxygens (including phenoxy) is 2. The zero-order valence-electron chi connectivity index (χ0n) is 22.0. The van der Waals surface area contributed by atoms with Gasteiger partial charge in [-0.15, -0.1) is 11.3 Å². The van der Waals surface area contributed by atoms with Crippen LogP contribution in [-0.2, 0) is 18.2 Å². The van der Waals surface area contributed by atoms with Crippen LogP contribution in [0.1, 0.15) is 16.9 Å². The van der Waals surface area contributed by atoms with E-state index in [1.165, 1.54) is 37.2 Å². The van der Waals surface area contributed by atoms with E-state index < -0.39 is 6.04 Å². The molecule has 1 unspecified atom stereocenters. The molecule has 0 amide bonds. The van der Waals surface area contributed by atoms with E-state index in [0.717, 1.165) is 57.3 Å². The van der Waals surface area contributed by atoms with Gasteiger partial charge in [0.2, 0.25) is 0 Å². The van der Waals surface area contributed by atoms with Crippen molar-refractivity contribution in [3.63, 3.8) is 0 Å². The molecule has 2 aliphatic heterocycles. The van der Waals surface area contributed by atoms with Crippen LogP contribution < -0.4 is 25.4 Å². The second-order valence-electron chi connectivity index (χ2n) is 10.7. The molecule has 0 fully saturated rings. The molecule has 9 rings (SSSR count). The summed E-state index contributed by atoms with van der Waals surface area (Å²) in [6.07, 6.45) is 6.86. The topological polar surface area (TPSA) is 18.5 Å². The molecule has 41 heavy (non-hydrogen) atoms. The summed E-state index contributed by atoms with van der Waals surface area (Å²) in [5.41, 5.74) is 6.24. The molecule has 196 valence electrons. The van der Waals surface area contributed by atoms with Gasteiger partial charge in [-0.05, 0) is 83.1 Å². The van der Waals surface area contributed by atoms with Crippen molar-refractivity contribution >= 4 is 61.3 Å². The summed E-state index contributed by atoms with van der Waals surface area (Å²) in [7, 11) is 0. The van der Waals surface area contributed by atoms with E-state index in [-0.39, 0.29) is 0 Å². The van der Waals surface area contributed by atoms with Crippen molar-refractivity contribution in [1.82, 2.24) is 0 Å². The van der Waals surface area contributed by atoms with Gasteiger partial charge < -0.3 is 9.47 Å². The van der Waals surface area contributed by atoms with Gasteiger partial charge >= 0.3 is 0 Å². The van der Waals surface area contributed by atoms with Gasteiger partial charge in [0.1, 0.15) is 23.0 Å². The summed E-state index contributed by atoms with van der Waals surface area (Å²) in [6, 6.07) is 34.0. The molecule has 6 aromatic rings. The highest BCUT2D eigenvalue weighted by atomic mass is 32.4. The fourth-order valence-electron chi connectivity index (χ4n) is 6.48. The normalized spacial score (nSPS) is 17.6. The minimum atomic E-state index is -2.39. The van der Waals surface area contributed by atoms with Crippen molar-refractivity contribution in [3.8, 4) is 45.3 Å². The van der Waals surface area contributed by atoms with E-state index in [2.05, 4.69) is 84.9 Å². The maximum absolute atomic E-state index is 6.71. The summed E-state index contributed by atoms with van der Waals surface area (Å²) in [6.45, 7) is 0. The Balaban J connectivity index is 1.21. The Bertz CT molecular complexity index is 2140. The van der Waals surface area contributed by atoms with E-state index >= 15 is 0 Å². The van der Waals surface area contributed by atoms with Crippen LogP contribution in [0.2, 0.25) is 0 Å². The van der Waals surface area contributed by atoms with E-state index in [9.17, 15) is 0 Å². The lowest BCUT2D eigenvalue weighted by molar-refractivity contribution is 0.466. The molecule has 1 aromatic heterocycles. The molecular weight excluding hydrogens is 560 g/mol. The van der Waals surface area contributed by atoms with Crippen molar-refractivity contribution in [3.05, 3.63) is 120 Å². The van der Waals surface area contributed by atoms with Crippen molar-refractivity contribution in [2.45, 2.75) is 12.8 Å². The lowest BCUT2D eigenvalue weighted by Crippen LogP contribution is -2.34. The SMILES string of the molecule is S=P12c3ccccc3Oc3cccc(c31)Oc1ccc(-c3cccc(-c4cccc5c6c(sc45)CCC=C6)c3)cc12. The Morgan fingerprint density at radius 3 is 2.29 bits per heavy atom. The van der Waals surface area contributed by atoms with Gasteiger partial charge in [-0.25, -0.2) is 0 Å². The van der Waals surface area contributed by atoms with Crippen molar-refractivity contribution in [2.24, 2.45) is 0 Å². The highest BCUT2D eigenvalue weighted by Gasteiger charge is 2.42. The zero-order chi connectivity index (χ0) is 27.1. The van der Waals surface area contributed by atoms with Gasteiger partial charge in [0.05, 0.1) is 11.3 Å². The van der Waals surface area contributed by atoms with Crippen LogP contribution >= 0.6 is 17.4 Å². The first kappa shape index (κ1) is 23.7. The molecule has 2 nitrogen and oxygen atoms in total. The molecule has 0 bridgehead atoms. The smallest absolute Gasteiger partial charge is 0.140 e. The van der Waals surface area contributed by atoms with Crippen molar-refractivity contribution in [1.29, 1.82) is 0 Å². The fourth-order valence-corrected chi connectivity index (χ4v) is 12.3. The zero-order valence-corrected chi connectivity index (χ0v) is 24.5. The molecule has 0 saturated heterocycles. The third-order valence-corrected chi connectivity index (χ3v) is 14.6. The number of para-hydroxylation sites is 1. The highest BCUT2D eigenvalue weighted by molar-refractivity contribution is 8.26. The van der Waals surface area contributed by atoms with Gasteiger partial charge in [-0.3, -0.25) is 0 Å². The predicted octanol–water partition coefficient (Wildman–Crippen LogP) is 9.16. The molecule has 5 heteroatoms. The molecule has 0 saturated carbocycles. The summed E-state index contributed by atoms with van der Waals surface area (Å²) >= 11 is 8.66. The third-order valence-electron chi connectivity index (χ3n) is 8.38. The molecule has 5 aromatic carbocycles. The average molecular weight is 583 g/mol. The average Bonchev–Trinajstić information content (AvgIpc) is 3.40. The maximum Gasteiger partial charge on any atom is 0.140 e. The Morgan fingerprint density at radius 2 is 1.39 bits per heavy atom. The summed E-state index contributed by atoms with van der Waals surface area (Å²) < 4.78 is 14.2. The van der Waals surface area contributed by atoms with Crippen LogP contribution in [0.5, 0.6) is 23.0 Å². The summed E-state index contributed by atoms with van der Waals surface area (Å²) in [4.78, 5) is 1.50. The molecule has 3 aliphatic rings. The molecule has 0 N–H and O–H groups in total. The monoisotopic (exact) mass is 582 g/mol. The van der Waals surface area contributed by atoms with Gasteiger partial charge in [0.25, 0.3) is 0 Å². The molecule has 0 radical (unpaired) electrons. The van der Waals surface area contributed by atoms with Gasteiger partial charge in [0, 0.05) is 25.6 Å². The second kappa shape index (κ2) is 8.77. The number of fused-ring (bicyclic) bond motifs is 7. The van der Waals surface area contributed by atoms with Gasteiger partial charge in [-0.1, -0.05) is 84.6 Å². The number of aryl methyl sites for hydroxylation is 1. The van der Waals surface area contributed by atoms with Gasteiger partial charge in [-0.2, -0.15) is 0 Å². The van der Waals surface area contributed by atoms with E-state index in [1.54, 1.807) is 0 Å². The predicted molar refractivity (Wildman–Crippen MR) is 176 cm³/mol. The summed E-state index contributed by atoms with van der Waals surface area (Å²) in [5.74, 6) is 3.31. The van der Waals surface area contributed by atoms with Crippen LogP contribution in [0.4, 0.5) is 0 Å². The Hall–Kier alpha value is -3.95. The molecule has 3 heterocycles. The quantitative estimate of drug-likeness (QED) is 0.189. The van der Waals surface area contributed by atoms with Crippen LogP contribution in [0, 0.1) is 0 Å². The van der Waals surface area contributed by atoms with Gasteiger partial charge in [0.15, 0.2) is 0 Å². The lowest BCUT2D eigenvalue weighted by atomic mass is 9.96. The van der Waals surface area contributed by atoms with E-state index in [4.69, 9.17) is 21.3 Å². The van der Waals surface area contributed by atoms with Crippen LogP contribution in [-0.4, -0.2) is 0 Å². The molecule has 1 aliphatic carbocycles. The number of hydrogen-bond donors (Lipinski definition) is 0. The largest absolute Gasteiger partial charge is 0.456 e. The fraction of sp³-hybridized carbons (Fsp3) is 0.0556. The molecule has 0 spiro atoms. The Labute approximate surface area is 247 Å².